The third-order valence-electron chi connectivity index (χ3n) is 4.89. The Balaban J connectivity index is 1.40. The van der Waals surface area contributed by atoms with Crippen molar-refractivity contribution in [1.82, 2.24) is 25.5 Å². The van der Waals surface area contributed by atoms with E-state index in [1.54, 1.807) is 19.3 Å². The van der Waals surface area contributed by atoms with Gasteiger partial charge >= 0.3 is 0 Å². The van der Waals surface area contributed by atoms with E-state index in [1.807, 2.05) is 17.0 Å². The molecule has 1 aliphatic heterocycles. The quantitative estimate of drug-likeness (QED) is 0.787. The van der Waals surface area contributed by atoms with E-state index < -0.39 is 0 Å². The first kappa shape index (κ1) is 19.0. The second kappa shape index (κ2) is 9.25. The Morgan fingerprint density at radius 3 is 3.00 bits per heavy atom. The highest BCUT2D eigenvalue weighted by atomic mass is 16.6. The highest BCUT2D eigenvalue weighted by Gasteiger charge is 2.25. The summed E-state index contributed by atoms with van der Waals surface area (Å²) in [6.45, 7) is 3.78. The summed E-state index contributed by atoms with van der Waals surface area (Å²) >= 11 is 0. The van der Waals surface area contributed by atoms with Crippen LogP contribution in [0.1, 0.15) is 36.2 Å². The minimum Gasteiger partial charge on any atom is -0.356 e. The van der Waals surface area contributed by atoms with Crippen molar-refractivity contribution in [3.63, 3.8) is 0 Å². The normalized spacial score (nSPS) is 16.9. The van der Waals surface area contributed by atoms with Crippen molar-refractivity contribution in [3.05, 3.63) is 41.5 Å². The lowest BCUT2D eigenvalue weighted by atomic mass is 9.97. The number of pyridine rings is 1. The van der Waals surface area contributed by atoms with Gasteiger partial charge in [-0.2, -0.15) is 0 Å². The lowest BCUT2D eigenvalue weighted by molar-refractivity contribution is -0.132. The average molecular weight is 371 g/mol. The van der Waals surface area contributed by atoms with Gasteiger partial charge in [0.1, 0.15) is 11.4 Å². The van der Waals surface area contributed by atoms with E-state index >= 15 is 0 Å². The van der Waals surface area contributed by atoms with Crippen molar-refractivity contribution in [2.75, 3.05) is 19.6 Å². The molecule has 1 atom stereocenters. The molecule has 0 spiro atoms. The van der Waals surface area contributed by atoms with Crippen LogP contribution < -0.4 is 5.32 Å². The van der Waals surface area contributed by atoms with Gasteiger partial charge in [-0.05, 0) is 43.7 Å². The molecule has 1 aliphatic rings. The van der Waals surface area contributed by atoms with Crippen molar-refractivity contribution in [2.45, 2.75) is 39.0 Å². The number of likely N-dealkylation sites (tertiary alicyclic amines) is 1. The highest BCUT2D eigenvalue weighted by Crippen LogP contribution is 2.17. The zero-order valence-corrected chi connectivity index (χ0v) is 15.6. The Morgan fingerprint density at radius 1 is 1.37 bits per heavy atom. The van der Waals surface area contributed by atoms with Crippen LogP contribution in [0, 0.1) is 12.8 Å². The van der Waals surface area contributed by atoms with Crippen LogP contribution in [0.2, 0.25) is 0 Å². The molecular formula is C19H25N5O3. The second-order valence-corrected chi connectivity index (χ2v) is 6.99. The van der Waals surface area contributed by atoms with Crippen molar-refractivity contribution in [3.8, 4) is 0 Å². The second-order valence-electron chi connectivity index (χ2n) is 6.99. The van der Waals surface area contributed by atoms with E-state index in [0.717, 1.165) is 24.9 Å². The van der Waals surface area contributed by atoms with Gasteiger partial charge in [-0.1, -0.05) is 16.4 Å². The zero-order chi connectivity index (χ0) is 19.1. The van der Waals surface area contributed by atoms with E-state index in [-0.39, 0.29) is 24.2 Å². The summed E-state index contributed by atoms with van der Waals surface area (Å²) in [6, 6.07) is 3.84. The maximum absolute atomic E-state index is 12.5. The maximum atomic E-state index is 12.5. The first-order valence-corrected chi connectivity index (χ1v) is 9.33. The maximum Gasteiger partial charge on any atom is 0.228 e. The van der Waals surface area contributed by atoms with Gasteiger partial charge in [0.05, 0.1) is 6.42 Å². The standard InChI is InChI=1S/C19H25N5O3/c1-14-17(23-27-22-14)10-19(26)24-9-3-5-16(13-24)12-21-18(25)7-6-15-4-2-8-20-11-15/h2,4,8,11,16H,3,5-7,9-10,12-13H2,1H3,(H,21,25). The molecule has 0 bridgehead atoms. The van der Waals surface area contributed by atoms with E-state index in [2.05, 4.69) is 25.2 Å². The number of aromatic nitrogens is 3. The summed E-state index contributed by atoms with van der Waals surface area (Å²) < 4.78 is 4.65. The fourth-order valence-electron chi connectivity index (χ4n) is 3.27. The number of nitrogens with zero attached hydrogens (tertiary/aromatic N) is 4. The summed E-state index contributed by atoms with van der Waals surface area (Å²) in [6.07, 6.45) is 6.79. The number of piperidine rings is 1. The van der Waals surface area contributed by atoms with Crippen LogP contribution in [0.15, 0.2) is 29.2 Å². The van der Waals surface area contributed by atoms with Crippen molar-refractivity contribution < 1.29 is 14.2 Å². The molecule has 8 nitrogen and oxygen atoms in total. The molecule has 2 amide bonds. The molecule has 1 unspecified atom stereocenters. The monoisotopic (exact) mass is 371 g/mol. The lowest BCUT2D eigenvalue weighted by Gasteiger charge is -2.32. The van der Waals surface area contributed by atoms with E-state index in [0.29, 0.717) is 37.3 Å². The minimum atomic E-state index is 0.0291. The Labute approximate surface area is 158 Å². The number of amides is 2. The summed E-state index contributed by atoms with van der Waals surface area (Å²) in [5.74, 6) is 0.342. The van der Waals surface area contributed by atoms with E-state index in [4.69, 9.17) is 0 Å². The molecule has 0 radical (unpaired) electrons. The Morgan fingerprint density at radius 2 is 2.26 bits per heavy atom. The molecule has 8 heteroatoms. The van der Waals surface area contributed by atoms with E-state index in [1.165, 1.54) is 0 Å². The first-order chi connectivity index (χ1) is 13.1. The number of hydrogen-bond acceptors (Lipinski definition) is 6. The van der Waals surface area contributed by atoms with Crippen molar-refractivity contribution in [1.29, 1.82) is 0 Å². The highest BCUT2D eigenvalue weighted by molar-refractivity contribution is 5.78. The average Bonchev–Trinajstić information content (AvgIpc) is 3.10. The predicted molar refractivity (Wildman–Crippen MR) is 97.6 cm³/mol. The minimum absolute atomic E-state index is 0.0291. The SMILES string of the molecule is Cc1nonc1CC(=O)N1CCCC(CNC(=O)CCc2cccnc2)C1. The van der Waals surface area contributed by atoms with Gasteiger partial charge in [-0.15, -0.1) is 0 Å². The molecule has 2 aromatic rings. The fourth-order valence-corrected chi connectivity index (χ4v) is 3.27. The van der Waals surface area contributed by atoms with Gasteiger partial charge in [-0.25, -0.2) is 4.63 Å². The molecule has 27 heavy (non-hydrogen) atoms. The molecule has 0 aromatic carbocycles. The number of hydrogen-bond donors (Lipinski definition) is 1. The van der Waals surface area contributed by atoms with Gasteiger partial charge in [0.15, 0.2) is 0 Å². The Bertz CT molecular complexity index is 762. The third-order valence-corrected chi connectivity index (χ3v) is 4.89. The number of carbonyl (C=O) groups is 2. The van der Waals surface area contributed by atoms with Gasteiger partial charge in [0.2, 0.25) is 11.8 Å². The fraction of sp³-hybridized carbons (Fsp3) is 0.526. The van der Waals surface area contributed by atoms with Crippen LogP contribution in [0.4, 0.5) is 0 Å². The molecule has 3 rings (SSSR count). The topological polar surface area (TPSA) is 101 Å². The molecule has 0 saturated carbocycles. The van der Waals surface area contributed by atoms with Crippen LogP contribution >= 0.6 is 0 Å². The largest absolute Gasteiger partial charge is 0.356 e. The smallest absolute Gasteiger partial charge is 0.228 e. The Hall–Kier alpha value is -2.77. The molecule has 3 heterocycles. The van der Waals surface area contributed by atoms with Crippen molar-refractivity contribution in [2.24, 2.45) is 5.92 Å². The predicted octanol–water partition coefficient (Wildman–Crippen LogP) is 1.30. The number of rotatable bonds is 7. The lowest BCUT2D eigenvalue weighted by Crippen LogP contribution is -2.44. The first-order valence-electron chi connectivity index (χ1n) is 9.33. The molecule has 0 aliphatic carbocycles. The molecule has 1 N–H and O–H groups in total. The molecule has 2 aromatic heterocycles. The zero-order valence-electron chi connectivity index (χ0n) is 15.6. The number of nitrogens with one attached hydrogen (secondary N) is 1. The van der Waals surface area contributed by atoms with E-state index in [9.17, 15) is 9.59 Å². The van der Waals surface area contributed by atoms with Crippen LogP contribution in [0.5, 0.6) is 0 Å². The molecule has 144 valence electrons. The summed E-state index contributed by atoms with van der Waals surface area (Å²) in [4.78, 5) is 30.5. The van der Waals surface area contributed by atoms with Gasteiger partial charge in [-0.3, -0.25) is 14.6 Å². The van der Waals surface area contributed by atoms with Crippen molar-refractivity contribution >= 4 is 11.8 Å². The molecular weight excluding hydrogens is 346 g/mol. The van der Waals surface area contributed by atoms with Crippen LogP contribution in [0.25, 0.3) is 0 Å². The third kappa shape index (κ3) is 5.60. The number of aryl methyl sites for hydroxylation is 2. The van der Waals surface area contributed by atoms with Gasteiger partial charge < -0.3 is 10.2 Å². The summed E-state index contributed by atoms with van der Waals surface area (Å²) in [7, 11) is 0. The molecule has 1 saturated heterocycles. The Kier molecular flexibility index (Phi) is 6.51. The molecule has 1 fully saturated rings. The van der Waals surface area contributed by atoms with Crippen LogP contribution in [-0.4, -0.2) is 51.6 Å². The van der Waals surface area contributed by atoms with Crippen LogP contribution in [-0.2, 0) is 22.4 Å². The van der Waals surface area contributed by atoms with Gasteiger partial charge in [0, 0.05) is 38.4 Å². The van der Waals surface area contributed by atoms with Crippen LogP contribution in [0.3, 0.4) is 0 Å². The summed E-state index contributed by atoms with van der Waals surface area (Å²) in [5.41, 5.74) is 2.29. The van der Waals surface area contributed by atoms with Gasteiger partial charge in [0.25, 0.3) is 0 Å². The number of carbonyl (C=O) groups excluding carboxylic acids is 2. The summed E-state index contributed by atoms with van der Waals surface area (Å²) in [5, 5.41) is 10.5.